The molecule has 0 atom stereocenters. The van der Waals surface area contributed by atoms with Crippen molar-refractivity contribution in [3.05, 3.63) is 34.9 Å². The lowest BCUT2D eigenvalue weighted by molar-refractivity contribution is -0.109. The maximum Gasteiger partial charge on any atom is 0.186 e. The molecule has 0 N–H and O–H groups in total. The molecular weight excluding hydrogens is 242 g/mol. The highest BCUT2D eigenvalue weighted by Crippen LogP contribution is 2.26. The van der Waals surface area contributed by atoms with E-state index >= 15 is 0 Å². The molecule has 0 unspecified atom stereocenters. The molecule has 1 aliphatic heterocycles. The number of carbonyl (C=O) groups is 1. The van der Waals surface area contributed by atoms with Crippen LogP contribution in [-0.4, -0.2) is 28.4 Å². The van der Waals surface area contributed by atoms with Crippen LogP contribution in [0.25, 0.3) is 0 Å². The zero-order chi connectivity index (χ0) is 11.5. The van der Waals surface area contributed by atoms with Crippen molar-refractivity contribution >= 4 is 28.5 Å². The number of rotatable bonds is 3. The van der Waals surface area contributed by atoms with Gasteiger partial charge in [-0.25, -0.2) is 0 Å². The summed E-state index contributed by atoms with van der Waals surface area (Å²) in [6.07, 6.45) is 0. The predicted molar refractivity (Wildman–Crippen MR) is 68.8 cm³/mol. The summed E-state index contributed by atoms with van der Waals surface area (Å²) in [6, 6.07) is 7.91. The van der Waals surface area contributed by atoms with Crippen molar-refractivity contribution in [2.24, 2.45) is 0 Å². The fourth-order valence-corrected chi connectivity index (χ4v) is 3.06. The number of carbonyl (C=O) groups excluding carboxylic acids is 1. The minimum absolute atomic E-state index is 0.211. The average Bonchev–Trinajstić information content (AvgIpc) is 2.17. The summed E-state index contributed by atoms with van der Waals surface area (Å²) in [5, 5.41) is 1.51. The number of benzene rings is 1. The first-order chi connectivity index (χ1) is 7.65. The second kappa shape index (κ2) is 5.21. The van der Waals surface area contributed by atoms with Crippen molar-refractivity contribution in [1.29, 1.82) is 0 Å². The summed E-state index contributed by atoms with van der Waals surface area (Å²) in [4.78, 5) is 13.2. The van der Waals surface area contributed by atoms with Gasteiger partial charge in [0.2, 0.25) is 0 Å². The van der Waals surface area contributed by atoms with E-state index in [2.05, 4.69) is 4.90 Å². The molecule has 1 fully saturated rings. The molecule has 1 aliphatic rings. The van der Waals surface area contributed by atoms with E-state index < -0.39 is 0 Å². The monoisotopic (exact) mass is 255 g/mol. The Hall–Kier alpha value is -0.510. The second-order valence-electron chi connectivity index (χ2n) is 4.02. The SMILES string of the molecule is CC(=O)SC1CN(Cc2ccccc2Cl)C1. The fourth-order valence-electron chi connectivity index (χ4n) is 1.83. The number of hydrogen-bond donors (Lipinski definition) is 0. The molecule has 0 spiro atoms. The van der Waals surface area contributed by atoms with Gasteiger partial charge in [0.25, 0.3) is 0 Å². The normalized spacial score (nSPS) is 17.1. The van der Waals surface area contributed by atoms with Crippen LogP contribution in [0.15, 0.2) is 24.3 Å². The van der Waals surface area contributed by atoms with Gasteiger partial charge < -0.3 is 0 Å². The third-order valence-electron chi connectivity index (χ3n) is 2.61. The van der Waals surface area contributed by atoms with Crippen LogP contribution in [0.2, 0.25) is 5.02 Å². The Kier molecular flexibility index (Phi) is 3.90. The van der Waals surface area contributed by atoms with Gasteiger partial charge in [-0.05, 0) is 11.6 Å². The molecule has 2 rings (SSSR count). The topological polar surface area (TPSA) is 20.3 Å². The van der Waals surface area contributed by atoms with Gasteiger partial charge in [0.05, 0.1) is 0 Å². The Morgan fingerprint density at radius 3 is 2.81 bits per heavy atom. The molecule has 1 aromatic carbocycles. The van der Waals surface area contributed by atoms with Crippen LogP contribution in [0.1, 0.15) is 12.5 Å². The fraction of sp³-hybridized carbons (Fsp3) is 0.417. The third-order valence-corrected chi connectivity index (χ3v) is 3.94. The highest BCUT2D eigenvalue weighted by Gasteiger charge is 2.28. The van der Waals surface area contributed by atoms with Crippen LogP contribution in [0.3, 0.4) is 0 Å². The molecule has 0 saturated carbocycles. The van der Waals surface area contributed by atoms with E-state index in [1.54, 1.807) is 6.92 Å². The van der Waals surface area contributed by atoms with Gasteiger partial charge in [0.15, 0.2) is 5.12 Å². The molecule has 0 aromatic heterocycles. The maximum absolute atomic E-state index is 10.9. The number of halogens is 1. The Bertz CT molecular complexity index is 390. The molecular formula is C12H14ClNOS. The van der Waals surface area contributed by atoms with E-state index in [1.165, 1.54) is 11.8 Å². The molecule has 16 heavy (non-hydrogen) atoms. The molecule has 0 radical (unpaired) electrons. The minimum atomic E-state index is 0.211. The summed E-state index contributed by atoms with van der Waals surface area (Å²) < 4.78 is 0. The molecule has 2 nitrogen and oxygen atoms in total. The van der Waals surface area contributed by atoms with Crippen LogP contribution in [0, 0.1) is 0 Å². The van der Waals surface area contributed by atoms with Crippen LogP contribution in [-0.2, 0) is 11.3 Å². The summed E-state index contributed by atoms with van der Waals surface area (Å²) in [6.45, 7) is 4.47. The largest absolute Gasteiger partial charge is 0.297 e. The van der Waals surface area contributed by atoms with Gasteiger partial charge >= 0.3 is 0 Å². The molecule has 86 valence electrons. The second-order valence-corrected chi connectivity index (χ2v) is 5.90. The third kappa shape index (κ3) is 3.00. The predicted octanol–water partition coefficient (Wildman–Crippen LogP) is 2.80. The lowest BCUT2D eigenvalue weighted by Crippen LogP contribution is -2.48. The van der Waals surface area contributed by atoms with Gasteiger partial charge in [-0.3, -0.25) is 9.69 Å². The quantitative estimate of drug-likeness (QED) is 0.829. The van der Waals surface area contributed by atoms with E-state index in [9.17, 15) is 4.79 Å². The van der Waals surface area contributed by atoms with E-state index in [1.807, 2.05) is 24.3 Å². The van der Waals surface area contributed by atoms with E-state index in [0.717, 1.165) is 30.2 Å². The zero-order valence-electron chi connectivity index (χ0n) is 9.15. The zero-order valence-corrected chi connectivity index (χ0v) is 10.7. The van der Waals surface area contributed by atoms with Crippen LogP contribution >= 0.6 is 23.4 Å². The molecule has 4 heteroatoms. The summed E-state index contributed by atoms with van der Waals surface area (Å²) in [5.74, 6) is 0. The van der Waals surface area contributed by atoms with E-state index in [-0.39, 0.29) is 5.12 Å². The Morgan fingerprint density at radius 1 is 1.50 bits per heavy atom. The molecule has 0 amide bonds. The average molecular weight is 256 g/mol. The molecule has 1 aromatic rings. The lowest BCUT2D eigenvalue weighted by Gasteiger charge is -2.38. The maximum atomic E-state index is 10.9. The van der Waals surface area contributed by atoms with Gasteiger partial charge in [0.1, 0.15) is 0 Å². The number of likely N-dealkylation sites (tertiary alicyclic amines) is 1. The first-order valence-electron chi connectivity index (χ1n) is 5.28. The Labute approximate surface area is 105 Å². The summed E-state index contributed by atoms with van der Waals surface area (Å²) in [5.41, 5.74) is 1.16. The van der Waals surface area contributed by atoms with Crippen molar-refractivity contribution in [2.75, 3.05) is 13.1 Å². The van der Waals surface area contributed by atoms with Crippen LogP contribution in [0.5, 0.6) is 0 Å². The smallest absolute Gasteiger partial charge is 0.186 e. The first kappa shape index (κ1) is 12.0. The number of thioether (sulfide) groups is 1. The Morgan fingerprint density at radius 2 is 2.19 bits per heavy atom. The van der Waals surface area contributed by atoms with Crippen molar-refractivity contribution in [3.8, 4) is 0 Å². The highest BCUT2D eigenvalue weighted by atomic mass is 35.5. The van der Waals surface area contributed by atoms with E-state index in [4.69, 9.17) is 11.6 Å². The van der Waals surface area contributed by atoms with Crippen molar-refractivity contribution < 1.29 is 4.79 Å². The Balaban J connectivity index is 1.82. The molecule has 1 heterocycles. The first-order valence-corrected chi connectivity index (χ1v) is 6.54. The molecule has 1 saturated heterocycles. The number of nitrogens with zero attached hydrogens (tertiary/aromatic N) is 1. The summed E-state index contributed by atoms with van der Waals surface area (Å²) in [7, 11) is 0. The van der Waals surface area contributed by atoms with Gasteiger partial charge in [0, 0.05) is 36.8 Å². The molecule has 0 bridgehead atoms. The van der Waals surface area contributed by atoms with Crippen LogP contribution < -0.4 is 0 Å². The summed E-state index contributed by atoms with van der Waals surface area (Å²) >= 11 is 7.53. The van der Waals surface area contributed by atoms with Crippen molar-refractivity contribution in [1.82, 2.24) is 4.90 Å². The van der Waals surface area contributed by atoms with Crippen molar-refractivity contribution in [2.45, 2.75) is 18.7 Å². The van der Waals surface area contributed by atoms with Gasteiger partial charge in [-0.15, -0.1) is 0 Å². The van der Waals surface area contributed by atoms with Gasteiger partial charge in [-0.2, -0.15) is 0 Å². The number of hydrogen-bond acceptors (Lipinski definition) is 3. The van der Waals surface area contributed by atoms with Crippen molar-refractivity contribution in [3.63, 3.8) is 0 Å². The standard InChI is InChI=1S/C12H14ClNOS/c1-9(15)16-11-7-14(8-11)6-10-4-2-3-5-12(10)13/h2-5,11H,6-8H2,1H3. The van der Waals surface area contributed by atoms with E-state index in [0.29, 0.717) is 5.25 Å². The molecule has 0 aliphatic carbocycles. The lowest BCUT2D eigenvalue weighted by atomic mass is 10.1. The van der Waals surface area contributed by atoms with Gasteiger partial charge in [-0.1, -0.05) is 41.6 Å². The van der Waals surface area contributed by atoms with Crippen LogP contribution in [0.4, 0.5) is 0 Å². The minimum Gasteiger partial charge on any atom is -0.297 e. The highest BCUT2D eigenvalue weighted by molar-refractivity contribution is 8.14.